The van der Waals surface area contributed by atoms with Crippen molar-refractivity contribution in [3.63, 3.8) is 0 Å². The monoisotopic (exact) mass is 355 g/mol. The molecule has 4 rings (SSSR count). The van der Waals surface area contributed by atoms with Gasteiger partial charge in [0.15, 0.2) is 0 Å². The number of aryl methyl sites for hydroxylation is 2. The van der Waals surface area contributed by atoms with Crippen LogP contribution in [0.2, 0.25) is 0 Å². The zero-order chi connectivity index (χ0) is 17.2. The average molecular weight is 355 g/mol. The smallest absolute Gasteiger partial charge is 0.229 e. The number of ether oxygens (including phenoxy) is 1. The topological polar surface area (TPSA) is 64.1 Å². The van der Waals surface area contributed by atoms with E-state index >= 15 is 0 Å². The molecular formula is C19H21N3O2S. The van der Waals surface area contributed by atoms with Crippen LogP contribution in [0.5, 0.6) is 5.75 Å². The predicted molar refractivity (Wildman–Crippen MR) is 97.8 cm³/mol. The van der Waals surface area contributed by atoms with Gasteiger partial charge in [0, 0.05) is 12.3 Å². The Morgan fingerprint density at radius 2 is 2.20 bits per heavy atom. The molecule has 0 unspecified atom stereocenters. The maximum atomic E-state index is 12.4. The van der Waals surface area contributed by atoms with Crippen molar-refractivity contribution in [2.45, 2.75) is 25.7 Å². The first-order chi connectivity index (χ1) is 12.2. The number of benzene rings is 1. The standard InChI is InChI=1S/C19H21N3O2S/c1-24-15-4-2-3-12(10-15)6-8-17-21-22-19(25-17)20-18(23)16-11-13-5-7-14(16)9-13/h2-5,7,10,13-14,16H,6,8-9,11H2,1H3,(H,20,22,23)/t13-,14+,16-/m1/s1. The Bertz CT molecular complexity index is 801. The molecule has 1 aromatic heterocycles. The first kappa shape index (κ1) is 16.3. The van der Waals surface area contributed by atoms with E-state index in [9.17, 15) is 4.79 Å². The normalized spacial score (nSPS) is 23.8. The van der Waals surface area contributed by atoms with Gasteiger partial charge in [0.05, 0.1) is 7.11 Å². The van der Waals surface area contributed by atoms with E-state index < -0.39 is 0 Å². The quantitative estimate of drug-likeness (QED) is 0.806. The molecule has 1 fully saturated rings. The summed E-state index contributed by atoms with van der Waals surface area (Å²) in [5.74, 6) is 2.05. The Morgan fingerprint density at radius 3 is 2.96 bits per heavy atom. The van der Waals surface area contributed by atoms with Crippen molar-refractivity contribution in [3.05, 3.63) is 47.0 Å². The highest BCUT2D eigenvalue weighted by Crippen LogP contribution is 2.43. The summed E-state index contributed by atoms with van der Waals surface area (Å²) in [5, 5.41) is 12.8. The molecule has 0 aliphatic heterocycles. The number of methoxy groups -OCH3 is 1. The molecule has 1 heterocycles. The van der Waals surface area contributed by atoms with Crippen molar-refractivity contribution in [2.75, 3.05) is 12.4 Å². The fraction of sp³-hybridized carbons (Fsp3) is 0.421. The number of carbonyl (C=O) groups excluding carboxylic acids is 1. The summed E-state index contributed by atoms with van der Waals surface area (Å²) in [6, 6.07) is 8.04. The van der Waals surface area contributed by atoms with Gasteiger partial charge in [0.1, 0.15) is 10.8 Å². The molecule has 1 amide bonds. The van der Waals surface area contributed by atoms with Gasteiger partial charge in [0.25, 0.3) is 0 Å². The Hall–Kier alpha value is -2.21. The molecule has 5 nitrogen and oxygen atoms in total. The van der Waals surface area contributed by atoms with Crippen molar-refractivity contribution < 1.29 is 9.53 Å². The van der Waals surface area contributed by atoms with Crippen LogP contribution >= 0.6 is 11.3 Å². The Morgan fingerprint density at radius 1 is 1.28 bits per heavy atom. The zero-order valence-corrected chi connectivity index (χ0v) is 15.0. The molecule has 0 spiro atoms. The lowest BCUT2D eigenvalue weighted by molar-refractivity contribution is -0.120. The summed E-state index contributed by atoms with van der Waals surface area (Å²) < 4.78 is 5.25. The second kappa shape index (κ2) is 6.96. The third kappa shape index (κ3) is 3.58. The largest absolute Gasteiger partial charge is 0.497 e. The van der Waals surface area contributed by atoms with Gasteiger partial charge < -0.3 is 10.1 Å². The third-order valence-electron chi connectivity index (χ3n) is 5.07. The van der Waals surface area contributed by atoms with Gasteiger partial charge in [-0.2, -0.15) is 0 Å². The van der Waals surface area contributed by atoms with E-state index in [4.69, 9.17) is 4.74 Å². The summed E-state index contributed by atoms with van der Waals surface area (Å²) in [4.78, 5) is 12.4. The minimum Gasteiger partial charge on any atom is -0.497 e. The molecule has 2 aliphatic carbocycles. The highest BCUT2D eigenvalue weighted by atomic mass is 32.1. The van der Waals surface area contributed by atoms with Crippen molar-refractivity contribution in [3.8, 4) is 5.75 Å². The predicted octanol–water partition coefficient (Wildman–Crippen LogP) is 3.48. The highest BCUT2D eigenvalue weighted by Gasteiger charge is 2.39. The lowest BCUT2D eigenvalue weighted by Gasteiger charge is -2.16. The number of hydrogen-bond donors (Lipinski definition) is 1. The third-order valence-corrected chi connectivity index (χ3v) is 5.97. The average Bonchev–Trinajstić information content (AvgIpc) is 3.37. The van der Waals surface area contributed by atoms with E-state index in [0.29, 0.717) is 17.0 Å². The van der Waals surface area contributed by atoms with Crippen LogP contribution in [0, 0.1) is 17.8 Å². The van der Waals surface area contributed by atoms with Gasteiger partial charge in [-0.1, -0.05) is 35.6 Å². The van der Waals surface area contributed by atoms with Gasteiger partial charge in [-0.05, 0) is 48.8 Å². The Balaban J connectivity index is 1.32. The minimum absolute atomic E-state index is 0.0901. The number of nitrogens with one attached hydrogen (secondary N) is 1. The van der Waals surface area contributed by atoms with Crippen molar-refractivity contribution in [1.29, 1.82) is 0 Å². The molecule has 6 heteroatoms. The van der Waals surface area contributed by atoms with Crippen molar-refractivity contribution >= 4 is 22.4 Å². The maximum Gasteiger partial charge on any atom is 0.229 e. The van der Waals surface area contributed by atoms with E-state index in [1.54, 1.807) is 7.11 Å². The molecule has 0 saturated heterocycles. The SMILES string of the molecule is COc1cccc(CCc2nnc(NC(=O)[C@@H]3C[C@@H]4C=C[C@H]3C4)s2)c1. The van der Waals surface area contributed by atoms with Crippen LogP contribution < -0.4 is 10.1 Å². The van der Waals surface area contributed by atoms with Crippen LogP contribution in [0.1, 0.15) is 23.4 Å². The summed E-state index contributed by atoms with van der Waals surface area (Å²) in [6.45, 7) is 0. The summed E-state index contributed by atoms with van der Waals surface area (Å²) in [7, 11) is 1.67. The molecule has 1 N–H and O–H groups in total. The summed E-state index contributed by atoms with van der Waals surface area (Å²) in [5.41, 5.74) is 1.20. The maximum absolute atomic E-state index is 12.4. The van der Waals surface area contributed by atoms with E-state index in [0.717, 1.165) is 36.4 Å². The molecule has 3 atom stereocenters. The molecule has 0 radical (unpaired) electrons. The zero-order valence-electron chi connectivity index (χ0n) is 14.1. The Kier molecular flexibility index (Phi) is 4.53. The number of anilines is 1. The number of hydrogen-bond acceptors (Lipinski definition) is 5. The van der Waals surface area contributed by atoms with Crippen molar-refractivity contribution in [1.82, 2.24) is 10.2 Å². The number of allylic oxidation sites excluding steroid dienone is 2. The molecule has 1 saturated carbocycles. The lowest BCUT2D eigenvalue weighted by atomic mass is 9.93. The van der Waals surface area contributed by atoms with Gasteiger partial charge in [-0.3, -0.25) is 4.79 Å². The van der Waals surface area contributed by atoms with Crippen LogP contribution in [-0.4, -0.2) is 23.2 Å². The van der Waals surface area contributed by atoms with Gasteiger partial charge in [-0.15, -0.1) is 10.2 Å². The second-order valence-electron chi connectivity index (χ2n) is 6.73. The number of carbonyl (C=O) groups is 1. The molecule has 25 heavy (non-hydrogen) atoms. The number of nitrogens with zero attached hydrogens (tertiary/aromatic N) is 2. The number of aromatic nitrogens is 2. The fourth-order valence-corrected chi connectivity index (χ4v) is 4.51. The van der Waals surface area contributed by atoms with Gasteiger partial charge >= 0.3 is 0 Å². The fourth-order valence-electron chi connectivity index (χ4n) is 3.76. The first-order valence-corrected chi connectivity index (χ1v) is 9.47. The molecular weight excluding hydrogens is 334 g/mol. The molecule has 130 valence electrons. The van der Waals surface area contributed by atoms with Crippen molar-refractivity contribution in [2.24, 2.45) is 17.8 Å². The van der Waals surface area contributed by atoms with Crippen LogP contribution in [-0.2, 0) is 17.6 Å². The molecule has 2 aromatic rings. The highest BCUT2D eigenvalue weighted by molar-refractivity contribution is 7.15. The van der Waals surface area contributed by atoms with Crippen LogP contribution in [0.4, 0.5) is 5.13 Å². The first-order valence-electron chi connectivity index (χ1n) is 8.66. The number of fused-ring (bicyclic) bond motifs is 2. The summed E-state index contributed by atoms with van der Waals surface area (Å²) >= 11 is 1.47. The molecule has 1 aromatic carbocycles. The van der Waals surface area contributed by atoms with Crippen LogP contribution in [0.15, 0.2) is 36.4 Å². The van der Waals surface area contributed by atoms with E-state index in [2.05, 4.69) is 33.7 Å². The minimum atomic E-state index is 0.0901. The van der Waals surface area contributed by atoms with Crippen LogP contribution in [0.25, 0.3) is 0 Å². The van der Waals surface area contributed by atoms with Crippen LogP contribution in [0.3, 0.4) is 0 Å². The van der Waals surface area contributed by atoms with Gasteiger partial charge in [-0.25, -0.2) is 0 Å². The summed E-state index contributed by atoms with van der Waals surface area (Å²) in [6.07, 6.45) is 8.21. The Labute approximate surface area is 151 Å². The number of rotatable bonds is 6. The molecule has 2 bridgehead atoms. The van der Waals surface area contributed by atoms with E-state index in [1.165, 1.54) is 16.9 Å². The van der Waals surface area contributed by atoms with Gasteiger partial charge in [0.2, 0.25) is 11.0 Å². The lowest BCUT2D eigenvalue weighted by Crippen LogP contribution is -2.25. The number of amides is 1. The van der Waals surface area contributed by atoms with E-state index in [-0.39, 0.29) is 11.8 Å². The second-order valence-corrected chi connectivity index (χ2v) is 7.79. The van der Waals surface area contributed by atoms with E-state index in [1.807, 2.05) is 18.2 Å². The molecule has 2 aliphatic rings.